The normalized spacial score (nSPS) is 11.7. The monoisotopic (exact) mass is 358 g/mol. The number of nitrogens with one attached hydrogen (secondary N) is 1. The van der Waals surface area contributed by atoms with Gasteiger partial charge in [0.1, 0.15) is 0 Å². The fourth-order valence-electron chi connectivity index (χ4n) is 2.23. The number of nitrogens with zero attached hydrogens (tertiary/aromatic N) is 2. The van der Waals surface area contributed by atoms with E-state index < -0.39 is 18.5 Å². The summed E-state index contributed by atoms with van der Waals surface area (Å²) in [6, 6.07) is 2.95. The molecule has 1 aliphatic heterocycles. The molecule has 0 radical (unpaired) electrons. The van der Waals surface area contributed by atoms with Gasteiger partial charge in [-0.3, -0.25) is 9.59 Å². The number of nitrogens with two attached hydrogens (primary N) is 1. The molecule has 10 nitrogen and oxygen atoms in total. The van der Waals surface area contributed by atoms with Gasteiger partial charge in [-0.15, -0.1) is 0 Å². The van der Waals surface area contributed by atoms with Crippen LogP contribution in [0.15, 0.2) is 24.5 Å². The first-order valence-corrected chi connectivity index (χ1v) is 7.43. The lowest BCUT2D eigenvalue weighted by Crippen LogP contribution is -2.23. The molecule has 0 aliphatic carbocycles. The molecule has 134 valence electrons. The summed E-state index contributed by atoms with van der Waals surface area (Å²) < 4.78 is 15.3. The zero-order valence-electron chi connectivity index (χ0n) is 13.6. The van der Waals surface area contributed by atoms with Gasteiger partial charge in [0.15, 0.2) is 35.4 Å². The van der Waals surface area contributed by atoms with E-state index in [0.717, 1.165) is 0 Å². The number of hydrogen-bond acceptors (Lipinski definition) is 9. The maximum atomic E-state index is 12.1. The van der Waals surface area contributed by atoms with Crippen LogP contribution in [0.3, 0.4) is 0 Å². The van der Waals surface area contributed by atoms with Crippen molar-refractivity contribution in [2.75, 3.05) is 24.5 Å². The van der Waals surface area contributed by atoms with Crippen LogP contribution in [0.25, 0.3) is 0 Å². The van der Waals surface area contributed by atoms with Crippen molar-refractivity contribution >= 4 is 29.2 Å². The molecule has 10 heteroatoms. The minimum atomic E-state index is -0.886. The van der Waals surface area contributed by atoms with E-state index in [1.165, 1.54) is 31.5 Å². The Balaban J connectivity index is 1.68. The maximum Gasteiger partial charge on any atom is 0.361 e. The number of amides is 1. The third-order valence-corrected chi connectivity index (χ3v) is 3.42. The van der Waals surface area contributed by atoms with Gasteiger partial charge in [-0.05, 0) is 13.0 Å². The molecule has 2 heterocycles. The highest BCUT2D eigenvalue weighted by molar-refractivity contribution is 6.05. The van der Waals surface area contributed by atoms with Crippen molar-refractivity contribution in [1.82, 2.24) is 9.97 Å². The molecule has 0 saturated heterocycles. The van der Waals surface area contributed by atoms with E-state index in [0.29, 0.717) is 11.5 Å². The Morgan fingerprint density at radius 2 is 1.88 bits per heavy atom. The summed E-state index contributed by atoms with van der Waals surface area (Å²) in [6.45, 7) is 0.784. The van der Waals surface area contributed by atoms with Crippen LogP contribution < -0.4 is 20.5 Å². The van der Waals surface area contributed by atoms with Crippen molar-refractivity contribution in [3.8, 4) is 11.5 Å². The third-order valence-electron chi connectivity index (χ3n) is 3.42. The maximum absolute atomic E-state index is 12.1. The van der Waals surface area contributed by atoms with Crippen molar-refractivity contribution < 1.29 is 28.6 Å². The molecule has 1 amide bonds. The quantitative estimate of drug-likeness (QED) is 0.585. The van der Waals surface area contributed by atoms with Crippen LogP contribution in [-0.4, -0.2) is 41.0 Å². The minimum Gasteiger partial charge on any atom is -0.454 e. The second-order valence-corrected chi connectivity index (χ2v) is 5.22. The fraction of sp³-hybridized carbons (Fsp3) is 0.188. The number of Topliss-reactive ketones (excluding diaryl/α,β-unsaturated/α-hetero) is 1. The van der Waals surface area contributed by atoms with Gasteiger partial charge in [0.2, 0.25) is 6.79 Å². The second kappa shape index (κ2) is 7.05. The summed E-state index contributed by atoms with van der Waals surface area (Å²) in [5.41, 5.74) is 5.80. The number of ether oxygens (including phenoxy) is 3. The molecule has 3 rings (SSSR count). The first-order chi connectivity index (χ1) is 12.5. The van der Waals surface area contributed by atoms with E-state index in [1.807, 2.05) is 0 Å². The summed E-state index contributed by atoms with van der Waals surface area (Å²) in [5.74, 6) is -1.10. The summed E-state index contributed by atoms with van der Waals surface area (Å²) in [4.78, 5) is 43.2. The summed E-state index contributed by atoms with van der Waals surface area (Å²) in [6.07, 6.45) is 2.60. The number of ketones is 1. The Bertz CT molecular complexity index is 898. The number of hydrogen-bond donors (Lipinski definition) is 2. The van der Waals surface area contributed by atoms with E-state index in [1.54, 1.807) is 0 Å². The predicted octanol–water partition coefficient (Wildman–Crippen LogP) is 0.786. The minimum absolute atomic E-state index is 0.0290. The highest BCUT2D eigenvalue weighted by Crippen LogP contribution is 2.37. The largest absolute Gasteiger partial charge is 0.454 e. The number of anilines is 2. The van der Waals surface area contributed by atoms with Gasteiger partial charge in [-0.25, -0.2) is 14.8 Å². The van der Waals surface area contributed by atoms with Gasteiger partial charge in [-0.2, -0.15) is 0 Å². The molecule has 1 aromatic heterocycles. The van der Waals surface area contributed by atoms with E-state index in [9.17, 15) is 14.4 Å². The first-order valence-electron chi connectivity index (χ1n) is 7.43. The molecule has 0 atom stereocenters. The zero-order valence-corrected chi connectivity index (χ0v) is 13.6. The molecule has 1 aliphatic rings. The number of benzene rings is 1. The van der Waals surface area contributed by atoms with Gasteiger partial charge in [-0.1, -0.05) is 0 Å². The predicted molar refractivity (Wildman–Crippen MR) is 87.9 cm³/mol. The van der Waals surface area contributed by atoms with E-state index in [-0.39, 0.29) is 35.3 Å². The molecular formula is C16H14N4O6. The number of rotatable bonds is 5. The fourth-order valence-corrected chi connectivity index (χ4v) is 2.23. The Labute approximate surface area is 147 Å². The number of fused-ring (bicyclic) bond motifs is 1. The lowest BCUT2D eigenvalue weighted by molar-refractivity contribution is -0.119. The Hall–Kier alpha value is -3.69. The van der Waals surface area contributed by atoms with Crippen LogP contribution in [0.4, 0.5) is 11.5 Å². The molecular weight excluding hydrogens is 344 g/mol. The molecule has 0 fully saturated rings. The van der Waals surface area contributed by atoms with E-state index >= 15 is 0 Å². The van der Waals surface area contributed by atoms with Crippen molar-refractivity contribution in [1.29, 1.82) is 0 Å². The number of aromatic nitrogens is 2. The van der Waals surface area contributed by atoms with Crippen molar-refractivity contribution in [3.63, 3.8) is 0 Å². The number of carbonyl (C=O) groups is 3. The van der Waals surface area contributed by atoms with Crippen LogP contribution in [0.2, 0.25) is 0 Å². The van der Waals surface area contributed by atoms with Crippen LogP contribution >= 0.6 is 0 Å². The lowest BCUT2D eigenvalue weighted by atomic mass is 10.1. The summed E-state index contributed by atoms with van der Waals surface area (Å²) in [7, 11) is 0. The highest BCUT2D eigenvalue weighted by Gasteiger charge is 2.21. The standard InChI is InChI=1S/C16H14N4O6/c1-8(21)9-4-11-12(26-7-25-11)5-10(9)20-13(22)6-24-16(23)14-15(17)19-3-2-18-14/h2-5H,6-7H2,1H3,(H2,17,19)(H,20,22). The van der Waals surface area contributed by atoms with Crippen LogP contribution in [-0.2, 0) is 9.53 Å². The van der Waals surface area contributed by atoms with Crippen LogP contribution in [0.1, 0.15) is 27.8 Å². The van der Waals surface area contributed by atoms with Crippen LogP contribution in [0, 0.1) is 0 Å². The molecule has 1 aromatic carbocycles. The van der Waals surface area contributed by atoms with Gasteiger partial charge in [0, 0.05) is 24.0 Å². The number of carbonyl (C=O) groups excluding carboxylic acids is 3. The van der Waals surface area contributed by atoms with Crippen molar-refractivity contribution in [2.24, 2.45) is 0 Å². The second-order valence-electron chi connectivity index (χ2n) is 5.22. The Kier molecular flexibility index (Phi) is 4.65. The molecule has 3 N–H and O–H groups in total. The van der Waals surface area contributed by atoms with E-state index in [4.69, 9.17) is 19.9 Å². The zero-order chi connectivity index (χ0) is 18.7. The topological polar surface area (TPSA) is 143 Å². The molecule has 0 bridgehead atoms. The Morgan fingerprint density at radius 1 is 1.19 bits per heavy atom. The van der Waals surface area contributed by atoms with Gasteiger partial charge in [0.25, 0.3) is 5.91 Å². The smallest absolute Gasteiger partial charge is 0.361 e. The van der Waals surface area contributed by atoms with Crippen molar-refractivity contribution in [2.45, 2.75) is 6.92 Å². The van der Waals surface area contributed by atoms with Crippen molar-refractivity contribution in [3.05, 3.63) is 35.8 Å². The SMILES string of the molecule is CC(=O)c1cc2c(cc1NC(=O)COC(=O)c1nccnc1N)OCO2. The van der Waals surface area contributed by atoms with Gasteiger partial charge in [0.05, 0.1) is 5.69 Å². The molecule has 0 saturated carbocycles. The lowest BCUT2D eigenvalue weighted by Gasteiger charge is -2.11. The summed E-state index contributed by atoms with van der Waals surface area (Å²) in [5, 5.41) is 2.50. The Morgan fingerprint density at radius 3 is 2.58 bits per heavy atom. The molecule has 2 aromatic rings. The van der Waals surface area contributed by atoms with Crippen LogP contribution in [0.5, 0.6) is 11.5 Å². The molecule has 26 heavy (non-hydrogen) atoms. The number of esters is 1. The average molecular weight is 358 g/mol. The third kappa shape index (κ3) is 3.53. The van der Waals surface area contributed by atoms with Gasteiger partial charge < -0.3 is 25.3 Å². The summed E-state index contributed by atoms with van der Waals surface area (Å²) >= 11 is 0. The highest BCUT2D eigenvalue weighted by atomic mass is 16.7. The van der Waals surface area contributed by atoms with Gasteiger partial charge >= 0.3 is 5.97 Å². The first kappa shape index (κ1) is 17.1. The van der Waals surface area contributed by atoms with E-state index in [2.05, 4.69) is 15.3 Å². The average Bonchev–Trinajstić information content (AvgIpc) is 3.06. The number of nitrogen functional groups attached to an aromatic ring is 1. The molecule has 0 spiro atoms. The molecule has 0 unspecified atom stereocenters.